The third kappa shape index (κ3) is 4.73. The van der Waals surface area contributed by atoms with Crippen LogP contribution in [0.5, 0.6) is 0 Å². The SMILES string of the molecule is CCCCNc1ccc(NS(=O)(=O)c2ccc(C)cc2C)cc1. The largest absolute Gasteiger partial charge is 0.385 e. The molecule has 0 saturated heterocycles. The predicted molar refractivity (Wildman–Crippen MR) is 96.6 cm³/mol. The molecule has 0 bridgehead atoms. The quantitative estimate of drug-likeness (QED) is 0.743. The molecule has 0 spiro atoms. The Labute approximate surface area is 139 Å². The normalized spacial score (nSPS) is 11.3. The van der Waals surface area contributed by atoms with Gasteiger partial charge in [0.2, 0.25) is 0 Å². The van der Waals surface area contributed by atoms with Crippen LogP contribution in [-0.4, -0.2) is 15.0 Å². The highest BCUT2D eigenvalue weighted by atomic mass is 32.2. The first-order valence-electron chi connectivity index (χ1n) is 7.86. The fraction of sp³-hybridized carbons (Fsp3) is 0.333. The third-order valence-corrected chi connectivity index (χ3v) is 5.16. The van der Waals surface area contributed by atoms with E-state index in [1.54, 1.807) is 18.2 Å². The Hall–Kier alpha value is -2.01. The van der Waals surface area contributed by atoms with E-state index >= 15 is 0 Å². The molecule has 0 aliphatic carbocycles. The number of hydrogen-bond acceptors (Lipinski definition) is 3. The summed E-state index contributed by atoms with van der Waals surface area (Å²) < 4.78 is 27.6. The van der Waals surface area contributed by atoms with Crippen molar-refractivity contribution < 1.29 is 8.42 Å². The van der Waals surface area contributed by atoms with E-state index in [9.17, 15) is 8.42 Å². The van der Waals surface area contributed by atoms with Gasteiger partial charge in [-0.3, -0.25) is 4.72 Å². The molecule has 2 aromatic rings. The van der Waals surface area contributed by atoms with Gasteiger partial charge in [0.25, 0.3) is 10.0 Å². The van der Waals surface area contributed by atoms with Crippen molar-refractivity contribution in [3.05, 3.63) is 53.6 Å². The number of rotatable bonds is 7. The average Bonchev–Trinajstić information content (AvgIpc) is 2.48. The molecule has 0 aliphatic rings. The first-order valence-corrected chi connectivity index (χ1v) is 9.34. The summed E-state index contributed by atoms with van der Waals surface area (Å²) in [6, 6.07) is 12.6. The first-order chi connectivity index (χ1) is 10.9. The second kappa shape index (κ2) is 7.51. The fourth-order valence-corrected chi connectivity index (χ4v) is 3.66. The molecule has 0 fully saturated rings. The van der Waals surface area contributed by atoms with Gasteiger partial charge >= 0.3 is 0 Å². The average molecular weight is 332 g/mol. The Balaban J connectivity index is 2.11. The molecular formula is C18H24N2O2S. The standard InChI is InChI=1S/C18H24N2O2S/c1-4-5-12-19-16-7-9-17(10-8-16)20-23(21,22)18-11-6-14(2)13-15(18)3/h6-11,13,19-20H,4-5,12H2,1-3H3. The minimum absolute atomic E-state index is 0.313. The Kier molecular flexibility index (Phi) is 5.66. The maximum absolute atomic E-state index is 12.5. The van der Waals surface area contributed by atoms with E-state index in [-0.39, 0.29) is 0 Å². The highest BCUT2D eigenvalue weighted by Gasteiger charge is 2.16. The van der Waals surface area contributed by atoms with E-state index in [0.717, 1.165) is 36.2 Å². The van der Waals surface area contributed by atoms with Crippen LogP contribution in [0.4, 0.5) is 11.4 Å². The Morgan fingerprint density at radius 3 is 2.22 bits per heavy atom. The maximum Gasteiger partial charge on any atom is 0.262 e. The second-order valence-corrected chi connectivity index (χ2v) is 7.38. The Morgan fingerprint density at radius 2 is 1.61 bits per heavy atom. The zero-order valence-electron chi connectivity index (χ0n) is 13.9. The van der Waals surface area contributed by atoms with Gasteiger partial charge in [0.15, 0.2) is 0 Å². The van der Waals surface area contributed by atoms with Crippen LogP contribution in [0.25, 0.3) is 0 Å². The smallest absolute Gasteiger partial charge is 0.262 e. The molecular weight excluding hydrogens is 308 g/mol. The molecule has 0 unspecified atom stereocenters. The molecule has 23 heavy (non-hydrogen) atoms. The molecule has 2 N–H and O–H groups in total. The van der Waals surface area contributed by atoms with Crippen molar-refractivity contribution in [3.8, 4) is 0 Å². The van der Waals surface area contributed by atoms with Crippen molar-refractivity contribution in [2.24, 2.45) is 0 Å². The van der Waals surface area contributed by atoms with Crippen molar-refractivity contribution in [2.45, 2.75) is 38.5 Å². The molecule has 5 heteroatoms. The molecule has 0 radical (unpaired) electrons. The Morgan fingerprint density at radius 1 is 0.957 bits per heavy atom. The van der Waals surface area contributed by atoms with Crippen LogP contribution in [0.3, 0.4) is 0 Å². The third-order valence-electron chi connectivity index (χ3n) is 3.62. The van der Waals surface area contributed by atoms with E-state index in [0.29, 0.717) is 10.6 Å². The van der Waals surface area contributed by atoms with Crippen molar-refractivity contribution >= 4 is 21.4 Å². The number of hydrogen-bond donors (Lipinski definition) is 2. The van der Waals surface area contributed by atoms with E-state index in [1.807, 2.05) is 38.1 Å². The van der Waals surface area contributed by atoms with E-state index in [2.05, 4.69) is 17.0 Å². The van der Waals surface area contributed by atoms with Gasteiger partial charge in [0.1, 0.15) is 0 Å². The van der Waals surface area contributed by atoms with Crippen LogP contribution in [0.2, 0.25) is 0 Å². The van der Waals surface area contributed by atoms with Gasteiger partial charge in [-0.05, 0) is 56.2 Å². The number of sulfonamides is 1. The molecule has 2 rings (SSSR count). The topological polar surface area (TPSA) is 58.2 Å². The van der Waals surface area contributed by atoms with Gasteiger partial charge < -0.3 is 5.32 Å². The summed E-state index contributed by atoms with van der Waals surface area (Å²) in [5.41, 5.74) is 3.35. The van der Waals surface area contributed by atoms with Crippen molar-refractivity contribution in [1.29, 1.82) is 0 Å². The van der Waals surface area contributed by atoms with Gasteiger partial charge in [0.05, 0.1) is 4.90 Å². The van der Waals surface area contributed by atoms with Crippen LogP contribution < -0.4 is 10.0 Å². The molecule has 2 aromatic carbocycles. The Bertz CT molecular complexity index is 753. The summed E-state index contributed by atoms with van der Waals surface area (Å²) >= 11 is 0. The summed E-state index contributed by atoms with van der Waals surface area (Å²) in [7, 11) is -3.56. The lowest BCUT2D eigenvalue weighted by molar-refractivity contribution is 0.600. The number of unbranched alkanes of at least 4 members (excludes halogenated alkanes) is 1. The molecule has 0 aromatic heterocycles. The number of aryl methyl sites for hydroxylation is 2. The number of benzene rings is 2. The molecule has 0 atom stereocenters. The van der Waals surface area contributed by atoms with Crippen molar-refractivity contribution in [1.82, 2.24) is 0 Å². The van der Waals surface area contributed by atoms with Crippen LogP contribution in [-0.2, 0) is 10.0 Å². The fourth-order valence-electron chi connectivity index (χ4n) is 2.38. The van der Waals surface area contributed by atoms with Crippen LogP contribution >= 0.6 is 0 Å². The number of nitrogens with one attached hydrogen (secondary N) is 2. The van der Waals surface area contributed by atoms with Crippen LogP contribution in [0.15, 0.2) is 47.4 Å². The van der Waals surface area contributed by atoms with E-state index < -0.39 is 10.0 Å². The second-order valence-electron chi connectivity index (χ2n) is 5.73. The lowest BCUT2D eigenvalue weighted by Crippen LogP contribution is -2.14. The summed E-state index contributed by atoms with van der Waals surface area (Å²) in [6.45, 7) is 6.82. The molecule has 0 heterocycles. The molecule has 0 amide bonds. The zero-order valence-corrected chi connectivity index (χ0v) is 14.7. The van der Waals surface area contributed by atoms with Crippen LogP contribution in [0, 0.1) is 13.8 Å². The highest BCUT2D eigenvalue weighted by Crippen LogP contribution is 2.21. The maximum atomic E-state index is 12.5. The van der Waals surface area contributed by atoms with Gasteiger partial charge in [-0.1, -0.05) is 31.0 Å². The van der Waals surface area contributed by atoms with Crippen molar-refractivity contribution in [2.75, 3.05) is 16.6 Å². The minimum Gasteiger partial charge on any atom is -0.385 e. The lowest BCUT2D eigenvalue weighted by Gasteiger charge is -2.12. The number of anilines is 2. The molecule has 0 aliphatic heterocycles. The van der Waals surface area contributed by atoms with E-state index in [1.165, 1.54) is 0 Å². The summed E-state index contributed by atoms with van der Waals surface area (Å²) in [4.78, 5) is 0.313. The summed E-state index contributed by atoms with van der Waals surface area (Å²) in [5, 5.41) is 3.31. The van der Waals surface area contributed by atoms with Gasteiger partial charge in [-0.2, -0.15) is 0 Å². The first kappa shape index (κ1) is 17.3. The predicted octanol–water partition coefficient (Wildman–Crippen LogP) is 4.32. The minimum atomic E-state index is -3.56. The van der Waals surface area contributed by atoms with Crippen molar-refractivity contribution in [3.63, 3.8) is 0 Å². The molecule has 124 valence electrons. The monoisotopic (exact) mass is 332 g/mol. The summed E-state index contributed by atoms with van der Waals surface area (Å²) in [6.07, 6.45) is 2.25. The highest BCUT2D eigenvalue weighted by molar-refractivity contribution is 7.92. The van der Waals surface area contributed by atoms with Crippen LogP contribution in [0.1, 0.15) is 30.9 Å². The van der Waals surface area contributed by atoms with Gasteiger partial charge in [0, 0.05) is 17.9 Å². The lowest BCUT2D eigenvalue weighted by atomic mass is 10.2. The molecule has 4 nitrogen and oxygen atoms in total. The summed E-state index contributed by atoms with van der Waals surface area (Å²) in [5.74, 6) is 0. The molecule has 0 saturated carbocycles. The van der Waals surface area contributed by atoms with Gasteiger partial charge in [-0.15, -0.1) is 0 Å². The zero-order chi connectivity index (χ0) is 16.9. The van der Waals surface area contributed by atoms with E-state index in [4.69, 9.17) is 0 Å². The van der Waals surface area contributed by atoms with Gasteiger partial charge in [-0.25, -0.2) is 8.42 Å².